The van der Waals surface area contributed by atoms with Crippen molar-refractivity contribution >= 4 is 5.71 Å². The van der Waals surface area contributed by atoms with Gasteiger partial charge in [-0.15, -0.1) is 0 Å². The van der Waals surface area contributed by atoms with Crippen molar-refractivity contribution in [2.75, 3.05) is 26.3 Å². The summed E-state index contributed by atoms with van der Waals surface area (Å²) in [5.74, 6) is 0. The molecule has 4 heteroatoms. The zero-order chi connectivity index (χ0) is 9.80. The van der Waals surface area contributed by atoms with Crippen molar-refractivity contribution in [3.8, 4) is 0 Å². The van der Waals surface area contributed by atoms with Crippen molar-refractivity contribution in [2.24, 2.45) is 5.16 Å². The van der Waals surface area contributed by atoms with Gasteiger partial charge in [-0.25, -0.2) is 0 Å². The van der Waals surface area contributed by atoms with Crippen LogP contribution in [-0.4, -0.2) is 48.2 Å². The number of oxime groups is 1. The second-order valence-electron chi connectivity index (χ2n) is 4.00. The monoisotopic (exact) mass is 198 g/mol. The summed E-state index contributed by atoms with van der Waals surface area (Å²) in [5, 5.41) is 12.4. The molecule has 1 saturated carbocycles. The van der Waals surface area contributed by atoms with Crippen LogP contribution in [0.25, 0.3) is 0 Å². The third kappa shape index (κ3) is 2.07. The Morgan fingerprint density at radius 1 is 1.29 bits per heavy atom. The molecule has 1 atom stereocenters. The Balaban J connectivity index is 1.98. The Morgan fingerprint density at radius 2 is 2.07 bits per heavy atom. The fraction of sp³-hybridized carbons (Fsp3) is 0.900. The van der Waals surface area contributed by atoms with Gasteiger partial charge in [-0.2, -0.15) is 0 Å². The molecule has 0 spiro atoms. The van der Waals surface area contributed by atoms with Crippen LogP contribution in [0.1, 0.15) is 25.7 Å². The first-order chi connectivity index (χ1) is 6.92. The normalized spacial score (nSPS) is 33.4. The first kappa shape index (κ1) is 9.93. The lowest BCUT2D eigenvalue weighted by Crippen LogP contribution is -2.48. The van der Waals surface area contributed by atoms with Crippen molar-refractivity contribution in [3.63, 3.8) is 0 Å². The molecule has 0 aromatic carbocycles. The minimum absolute atomic E-state index is 0.373. The van der Waals surface area contributed by atoms with Crippen LogP contribution in [-0.2, 0) is 4.74 Å². The second-order valence-corrected chi connectivity index (χ2v) is 4.00. The van der Waals surface area contributed by atoms with Crippen molar-refractivity contribution in [2.45, 2.75) is 31.7 Å². The maximum Gasteiger partial charge on any atom is 0.0742 e. The molecule has 4 nitrogen and oxygen atoms in total. The van der Waals surface area contributed by atoms with E-state index in [1.807, 2.05) is 0 Å². The number of morpholine rings is 1. The van der Waals surface area contributed by atoms with E-state index in [0.717, 1.165) is 44.9 Å². The summed E-state index contributed by atoms with van der Waals surface area (Å²) >= 11 is 0. The van der Waals surface area contributed by atoms with Gasteiger partial charge in [0.15, 0.2) is 0 Å². The van der Waals surface area contributed by atoms with Crippen LogP contribution in [0.3, 0.4) is 0 Å². The molecule has 0 amide bonds. The maximum absolute atomic E-state index is 8.92. The van der Waals surface area contributed by atoms with Gasteiger partial charge in [0, 0.05) is 13.1 Å². The largest absolute Gasteiger partial charge is 0.411 e. The van der Waals surface area contributed by atoms with Crippen LogP contribution in [0.2, 0.25) is 0 Å². The van der Waals surface area contributed by atoms with E-state index >= 15 is 0 Å². The molecule has 1 N–H and O–H groups in total. The third-order valence-corrected chi connectivity index (χ3v) is 3.16. The predicted octanol–water partition coefficient (Wildman–Crippen LogP) is 1.09. The maximum atomic E-state index is 8.92. The predicted molar refractivity (Wildman–Crippen MR) is 53.9 cm³/mol. The molecule has 1 saturated heterocycles. The van der Waals surface area contributed by atoms with Crippen molar-refractivity contribution in [1.82, 2.24) is 4.90 Å². The van der Waals surface area contributed by atoms with Crippen LogP contribution in [0.4, 0.5) is 0 Å². The average molecular weight is 198 g/mol. The Kier molecular flexibility index (Phi) is 3.37. The van der Waals surface area contributed by atoms with E-state index in [9.17, 15) is 0 Å². The Labute approximate surface area is 84.5 Å². The highest BCUT2D eigenvalue weighted by Gasteiger charge is 2.27. The molecule has 14 heavy (non-hydrogen) atoms. The van der Waals surface area contributed by atoms with Crippen molar-refractivity contribution in [3.05, 3.63) is 0 Å². The lowest BCUT2D eigenvalue weighted by Gasteiger charge is -2.36. The molecule has 1 aliphatic heterocycles. The summed E-state index contributed by atoms with van der Waals surface area (Å²) in [6.45, 7) is 3.58. The van der Waals surface area contributed by atoms with E-state index in [-0.39, 0.29) is 0 Å². The van der Waals surface area contributed by atoms with Gasteiger partial charge in [-0.05, 0) is 19.3 Å². The molecule has 2 aliphatic rings. The van der Waals surface area contributed by atoms with Gasteiger partial charge in [0.2, 0.25) is 0 Å². The van der Waals surface area contributed by atoms with E-state index in [1.54, 1.807) is 0 Å². The standard InChI is InChI=1S/C10H18N2O2/c13-11-9-3-1-2-4-10(9)12-5-7-14-8-6-12/h10,13H,1-8H2. The quantitative estimate of drug-likeness (QED) is 0.507. The van der Waals surface area contributed by atoms with Crippen molar-refractivity contribution < 1.29 is 9.94 Å². The van der Waals surface area contributed by atoms with Crippen LogP contribution in [0, 0.1) is 0 Å². The number of hydrogen-bond donors (Lipinski definition) is 1. The Bertz CT molecular complexity index is 212. The topological polar surface area (TPSA) is 45.1 Å². The number of nitrogens with zero attached hydrogens (tertiary/aromatic N) is 2. The third-order valence-electron chi connectivity index (χ3n) is 3.16. The van der Waals surface area contributed by atoms with Gasteiger partial charge in [-0.1, -0.05) is 11.6 Å². The summed E-state index contributed by atoms with van der Waals surface area (Å²) in [6.07, 6.45) is 4.51. The fourth-order valence-electron chi connectivity index (χ4n) is 2.38. The SMILES string of the molecule is ON=C1CCCCC1N1CCOCC1. The zero-order valence-electron chi connectivity index (χ0n) is 8.48. The summed E-state index contributed by atoms with van der Waals surface area (Å²) in [5.41, 5.74) is 0.971. The summed E-state index contributed by atoms with van der Waals surface area (Å²) < 4.78 is 5.32. The number of rotatable bonds is 1. The van der Waals surface area contributed by atoms with Crippen LogP contribution in [0.15, 0.2) is 5.16 Å². The Hall–Kier alpha value is -0.610. The molecular formula is C10H18N2O2. The number of ether oxygens (including phenoxy) is 1. The smallest absolute Gasteiger partial charge is 0.0742 e. The van der Waals surface area contributed by atoms with E-state index in [4.69, 9.17) is 9.94 Å². The molecular weight excluding hydrogens is 180 g/mol. The van der Waals surface area contributed by atoms with E-state index in [1.165, 1.54) is 12.8 Å². The second kappa shape index (κ2) is 4.75. The van der Waals surface area contributed by atoms with Gasteiger partial charge in [0.05, 0.1) is 25.0 Å². The zero-order valence-corrected chi connectivity index (χ0v) is 8.48. The van der Waals surface area contributed by atoms with Gasteiger partial charge in [0.25, 0.3) is 0 Å². The first-order valence-electron chi connectivity index (χ1n) is 5.44. The minimum Gasteiger partial charge on any atom is -0.411 e. The van der Waals surface area contributed by atoms with Gasteiger partial charge >= 0.3 is 0 Å². The molecule has 0 aromatic rings. The fourth-order valence-corrected chi connectivity index (χ4v) is 2.38. The lowest BCUT2D eigenvalue weighted by molar-refractivity contribution is 0.0252. The van der Waals surface area contributed by atoms with E-state index in [2.05, 4.69) is 10.1 Å². The van der Waals surface area contributed by atoms with Gasteiger partial charge in [0.1, 0.15) is 0 Å². The molecule has 0 bridgehead atoms. The van der Waals surface area contributed by atoms with Crippen LogP contribution < -0.4 is 0 Å². The van der Waals surface area contributed by atoms with Crippen molar-refractivity contribution in [1.29, 1.82) is 0 Å². The molecule has 0 radical (unpaired) electrons. The van der Waals surface area contributed by atoms with Gasteiger partial charge < -0.3 is 9.94 Å². The lowest BCUT2D eigenvalue weighted by atomic mass is 9.92. The molecule has 2 fully saturated rings. The minimum atomic E-state index is 0.373. The number of hydrogen-bond acceptors (Lipinski definition) is 4. The Morgan fingerprint density at radius 3 is 2.79 bits per heavy atom. The molecule has 1 aliphatic carbocycles. The highest BCUT2D eigenvalue weighted by molar-refractivity contribution is 5.89. The average Bonchev–Trinajstić information content (AvgIpc) is 2.30. The highest BCUT2D eigenvalue weighted by atomic mass is 16.5. The summed E-state index contributed by atoms with van der Waals surface area (Å²) in [4.78, 5) is 2.39. The summed E-state index contributed by atoms with van der Waals surface area (Å²) in [6, 6.07) is 0.373. The molecule has 0 aromatic heterocycles. The van der Waals surface area contributed by atoms with Crippen LogP contribution >= 0.6 is 0 Å². The van der Waals surface area contributed by atoms with Crippen LogP contribution in [0.5, 0.6) is 0 Å². The first-order valence-corrected chi connectivity index (χ1v) is 5.44. The molecule has 2 rings (SSSR count). The van der Waals surface area contributed by atoms with E-state index < -0.39 is 0 Å². The molecule has 1 heterocycles. The highest BCUT2D eigenvalue weighted by Crippen LogP contribution is 2.21. The summed E-state index contributed by atoms with van der Waals surface area (Å²) in [7, 11) is 0. The molecule has 1 unspecified atom stereocenters. The van der Waals surface area contributed by atoms with E-state index in [0.29, 0.717) is 6.04 Å². The van der Waals surface area contributed by atoms with Gasteiger partial charge in [-0.3, -0.25) is 4.90 Å². The molecule has 80 valence electrons.